The quantitative estimate of drug-likeness (QED) is 0.715. The number of carbonyl (C=O) groups is 1. The molecule has 1 nitrogen and oxygen atoms in total. The molecule has 0 spiro atoms. The Kier molecular flexibility index (Phi) is 3.80. The highest BCUT2D eigenvalue weighted by Gasteiger charge is 2.29. The van der Waals surface area contributed by atoms with E-state index in [1.807, 2.05) is 23.5 Å². The lowest BCUT2D eigenvalue weighted by atomic mass is 10.1. The normalized spacial score (nSPS) is 28.7. The number of thioether (sulfide) groups is 2. The molecule has 2 aliphatic rings. The van der Waals surface area contributed by atoms with Crippen molar-refractivity contribution in [3.63, 3.8) is 0 Å². The van der Waals surface area contributed by atoms with Crippen LogP contribution in [0.15, 0.2) is 40.8 Å². The molecule has 18 heavy (non-hydrogen) atoms. The minimum Gasteiger partial charge on any atom is -0.295 e. The molecule has 1 aliphatic carbocycles. The number of ketones is 1. The molecule has 1 aromatic rings. The van der Waals surface area contributed by atoms with E-state index in [1.54, 1.807) is 0 Å². The van der Waals surface area contributed by atoms with Crippen LogP contribution in [0.3, 0.4) is 0 Å². The Balaban J connectivity index is 1.99. The number of carbonyl (C=O) groups excluding carboxylic acids is 1. The molecule has 0 bridgehead atoms. The largest absolute Gasteiger partial charge is 0.295 e. The third-order valence-electron chi connectivity index (χ3n) is 3.43. The van der Waals surface area contributed by atoms with Crippen LogP contribution in [0.5, 0.6) is 0 Å². The van der Waals surface area contributed by atoms with E-state index in [0.29, 0.717) is 11.0 Å². The van der Waals surface area contributed by atoms with Crippen LogP contribution in [0, 0.1) is 0 Å². The molecule has 0 unspecified atom stereocenters. The maximum Gasteiger partial charge on any atom is 0.159 e. The van der Waals surface area contributed by atoms with Gasteiger partial charge >= 0.3 is 0 Å². The van der Waals surface area contributed by atoms with Gasteiger partial charge in [0.05, 0.1) is 5.25 Å². The van der Waals surface area contributed by atoms with E-state index in [9.17, 15) is 4.79 Å². The van der Waals surface area contributed by atoms with Crippen molar-refractivity contribution in [3.05, 3.63) is 46.4 Å². The van der Waals surface area contributed by atoms with Crippen molar-refractivity contribution in [2.45, 2.75) is 24.5 Å². The van der Waals surface area contributed by atoms with Gasteiger partial charge in [0, 0.05) is 28.4 Å². The fourth-order valence-electron chi connectivity index (χ4n) is 2.57. The van der Waals surface area contributed by atoms with Gasteiger partial charge in [-0.05, 0) is 18.4 Å². The monoisotopic (exact) mass is 276 g/mol. The van der Waals surface area contributed by atoms with Crippen molar-refractivity contribution in [2.75, 3.05) is 11.5 Å². The Bertz CT molecular complexity index is 479. The van der Waals surface area contributed by atoms with Gasteiger partial charge in [0.2, 0.25) is 0 Å². The second-order valence-corrected chi connectivity index (χ2v) is 6.98. The Labute approximate surface area is 116 Å². The second-order valence-electron chi connectivity index (χ2n) is 4.63. The Morgan fingerprint density at radius 3 is 2.61 bits per heavy atom. The first-order valence-corrected chi connectivity index (χ1v) is 8.45. The van der Waals surface area contributed by atoms with E-state index >= 15 is 0 Å². The van der Waals surface area contributed by atoms with E-state index in [-0.39, 0.29) is 0 Å². The zero-order valence-electron chi connectivity index (χ0n) is 10.2. The van der Waals surface area contributed by atoms with Gasteiger partial charge in [0.1, 0.15) is 0 Å². The van der Waals surface area contributed by atoms with Crippen molar-refractivity contribution in [3.8, 4) is 0 Å². The number of allylic oxidation sites excluding steroid dienone is 1. The third kappa shape index (κ3) is 2.39. The molecule has 2 fully saturated rings. The van der Waals surface area contributed by atoms with E-state index < -0.39 is 0 Å². The maximum atomic E-state index is 12.0. The van der Waals surface area contributed by atoms with Crippen LogP contribution in [-0.2, 0) is 4.79 Å². The average Bonchev–Trinajstić information content (AvgIpc) is 2.86. The fraction of sp³-hybridized carbons (Fsp3) is 0.400. The predicted octanol–water partition coefficient (Wildman–Crippen LogP) is 4.21. The summed E-state index contributed by atoms with van der Waals surface area (Å²) in [5.41, 5.74) is 2.47. The first-order chi connectivity index (χ1) is 8.86. The van der Waals surface area contributed by atoms with Crippen molar-refractivity contribution in [1.82, 2.24) is 0 Å². The molecule has 1 atom stereocenters. The summed E-state index contributed by atoms with van der Waals surface area (Å²) in [6.45, 7) is 0. The van der Waals surface area contributed by atoms with Gasteiger partial charge in [0.25, 0.3) is 0 Å². The predicted molar refractivity (Wildman–Crippen MR) is 80.0 cm³/mol. The lowest BCUT2D eigenvalue weighted by molar-refractivity contribution is -0.114. The van der Waals surface area contributed by atoms with Crippen LogP contribution >= 0.6 is 23.5 Å². The zero-order valence-corrected chi connectivity index (χ0v) is 11.9. The minimum absolute atomic E-state index is 0.390. The first kappa shape index (κ1) is 12.4. The Morgan fingerprint density at radius 1 is 1.06 bits per heavy atom. The van der Waals surface area contributed by atoms with Crippen LogP contribution in [0.25, 0.3) is 0 Å². The average molecular weight is 276 g/mol. The van der Waals surface area contributed by atoms with Gasteiger partial charge in [-0.3, -0.25) is 4.79 Å². The number of hydrogen-bond donors (Lipinski definition) is 0. The molecule has 1 heterocycles. The molecule has 0 radical (unpaired) electrons. The van der Waals surface area contributed by atoms with E-state index in [1.165, 1.54) is 16.2 Å². The van der Waals surface area contributed by atoms with Gasteiger partial charge in [-0.1, -0.05) is 30.3 Å². The van der Waals surface area contributed by atoms with Crippen LogP contribution in [-0.4, -0.2) is 17.3 Å². The highest BCUT2D eigenvalue weighted by atomic mass is 32.2. The molecular formula is C15H16OS2. The van der Waals surface area contributed by atoms with Gasteiger partial charge in [-0.2, -0.15) is 0 Å². The summed E-state index contributed by atoms with van der Waals surface area (Å²) in [4.78, 5) is 13.3. The van der Waals surface area contributed by atoms with Crippen LogP contribution in [0.2, 0.25) is 0 Å². The summed E-state index contributed by atoms with van der Waals surface area (Å²) in [6.07, 6.45) is 2.79. The highest BCUT2D eigenvalue weighted by molar-refractivity contribution is 8.09. The summed E-state index contributed by atoms with van der Waals surface area (Å²) in [6, 6.07) is 10.6. The minimum atomic E-state index is 0.390. The first-order valence-electron chi connectivity index (χ1n) is 6.42. The lowest BCUT2D eigenvalue weighted by Gasteiger charge is -2.26. The van der Waals surface area contributed by atoms with Gasteiger partial charge < -0.3 is 0 Å². The van der Waals surface area contributed by atoms with E-state index in [2.05, 4.69) is 30.3 Å². The SMILES string of the molecule is O=C1CCC/C1=C1\SCCS[C@@H]1c1ccccc1. The molecule has 0 aromatic heterocycles. The molecule has 94 valence electrons. The zero-order chi connectivity index (χ0) is 12.4. The smallest absolute Gasteiger partial charge is 0.159 e. The maximum absolute atomic E-state index is 12.0. The third-order valence-corrected chi connectivity index (χ3v) is 6.32. The standard InChI is InChI=1S/C15H16OS2/c16-13-8-4-7-12(13)15-14(17-9-10-18-15)11-5-2-1-3-6-11/h1-3,5-6,14H,4,7-10H2/b15-12+/t14-/m1/s1. The number of hydrogen-bond acceptors (Lipinski definition) is 3. The van der Waals surface area contributed by atoms with Crippen LogP contribution < -0.4 is 0 Å². The highest BCUT2D eigenvalue weighted by Crippen LogP contribution is 2.48. The van der Waals surface area contributed by atoms with Crippen LogP contribution in [0.1, 0.15) is 30.1 Å². The lowest BCUT2D eigenvalue weighted by Crippen LogP contribution is -2.09. The molecule has 3 heteroatoms. The Morgan fingerprint density at radius 2 is 1.89 bits per heavy atom. The number of rotatable bonds is 1. The molecule has 1 aliphatic heterocycles. The van der Waals surface area contributed by atoms with E-state index in [4.69, 9.17) is 0 Å². The van der Waals surface area contributed by atoms with Gasteiger partial charge in [-0.15, -0.1) is 23.5 Å². The van der Waals surface area contributed by atoms with Crippen LogP contribution in [0.4, 0.5) is 0 Å². The molecule has 1 aromatic carbocycles. The summed E-state index contributed by atoms with van der Waals surface area (Å²) in [5, 5.41) is 0.391. The summed E-state index contributed by atoms with van der Waals surface area (Å²) < 4.78 is 0. The fourth-order valence-corrected chi connectivity index (χ4v) is 5.47. The molecule has 0 N–H and O–H groups in total. The van der Waals surface area contributed by atoms with Crippen molar-refractivity contribution >= 4 is 29.3 Å². The molecule has 3 rings (SSSR count). The van der Waals surface area contributed by atoms with Gasteiger partial charge in [0.15, 0.2) is 5.78 Å². The summed E-state index contributed by atoms with van der Waals surface area (Å²) in [7, 11) is 0. The topological polar surface area (TPSA) is 17.1 Å². The van der Waals surface area contributed by atoms with Gasteiger partial charge in [-0.25, -0.2) is 0 Å². The molecule has 1 saturated carbocycles. The van der Waals surface area contributed by atoms with Crippen molar-refractivity contribution in [2.24, 2.45) is 0 Å². The molecule has 1 saturated heterocycles. The van der Waals surface area contributed by atoms with E-state index in [0.717, 1.165) is 30.6 Å². The number of Topliss-reactive ketones (excluding diaryl/α,β-unsaturated/α-hetero) is 1. The number of benzene rings is 1. The summed E-state index contributed by atoms with van der Waals surface area (Å²) in [5.74, 6) is 2.70. The van der Waals surface area contributed by atoms with Crippen molar-refractivity contribution in [1.29, 1.82) is 0 Å². The molecule has 0 amide bonds. The van der Waals surface area contributed by atoms with Crippen molar-refractivity contribution < 1.29 is 4.79 Å². The second kappa shape index (κ2) is 5.54. The Hall–Kier alpha value is -0.670. The molecular weight excluding hydrogens is 260 g/mol. The summed E-state index contributed by atoms with van der Waals surface area (Å²) >= 11 is 3.89.